The number of ether oxygens (including phenoxy) is 1. The standard InChI is InChI=1S/C24H32N8O4/c1-15(14-33)32(26)22(29-25)19-6-5-7-21(27-19)28-23(34)18-10-16-12-31(13-17(16)11-20(18)36-2)24(35)30-8-3-4-9-30/h5-7,10-11,15,33H,3-4,8-9,12-14,25-26H2,1-2H3,(H,27,28,34)/b29-22-. The van der Waals surface area contributed by atoms with E-state index in [0.29, 0.717) is 30.1 Å². The fraction of sp³-hybridized carbons (Fsp3) is 0.417. The van der Waals surface area contributed by atoms with Crippen LogP contribution in [0.3, 0.4) is 0 Å². The summed E-state index contributed by atoms with van der Waals surface area (Å²) in [6.45, 7) is 3.99. The number of urea groups is 1. The van der Waals surface area contributed by atoms with Gasteiger partial charge in [-0.25, -0.2) is 15.6 Å². The molecule has 0 bridgehead atoms. The van der Waals surface area contributed by atoms with E-state index in [1.54, 1.807) is 36.1 Å². The molecule has 4 rings (SSSR count). The Hall–Kier alpha value is -3.90. The summed E-state index contributed by atoms with van der Waals surface area (Å²) < 4.78 is 5.50. The molecule has 3 heterocycles. The maximum Gasteiger partial charge on any atom is 0.320 e. The highest BCUT2D eigenvalue weighted by molar-refractivity contribution is 6.06. The highest BCUT2D eigenvalue weighted by Gasteiger charge is 2.30. The van der Waals surface area contributed by atoms with Crippen LogP contribution in [0, 0.1) is 0 Å². The van der Waals surface area contributed by atoms with E-state index in [1.165, 1.54) is 12.1 Å². The molecule has 0 radical (unpaired) electrons. The topological polar surface area (TPSA) is 163 Å². The molecule has 0 spiro atoms. The number of nitrogens with two attached hydrogens (primary N) is 2. The maximum absolute atomic E-state index is 13.2. The third-order valence-corrected chi connectivity index (χ3v) is 6.46. The van der Waals surface area contributed by atoms with Crippen LogP contribution in [0.5, 0.6) is 5.75 Å². The molecule has 0 aliphatic carbocycles. The van der Waals surface area contributed by atoms with E-state index >= 15 is 0 Å². The molecular formula is C24H32N8O4. The first-order valence-corrected chi connectivity index (χ1v) is 11.8. The molecule has 2 aliphatic heterocycles. The normalized spacial score (nSPS) is 16.1. The summed E-state index contributed by atoms with van der Waals surface area (Å²) in [7, 11) is 1.50. The third-order valence-electron chi connectivity index (χ3n) is 6.46. The lowest BCUT2D eigenvalue weighted by molar-refractivity contribution is 0.102. The Morgan fingerprint density at radius 2 is 1.92 bits per heavy atom. The van der Waals surface area contributed by atoms with Crippen molar-refractivity contribution in [2.24, 2.45) is 16.8 Å². The van der Waals surface area contributed by atoms with Crippen molar-refractivity contribution in [1.82, 2.24) is 19.8 Å². The minimum atomic E-state index is -0.445. The molecule has 0 saturated carbocycles. The number of aromatic nitrogens is 1. The number of aliphatic hydroxyl groups excluding tert-OH is 1. The third kappa shape index (κ3) is 5.04. The van der Waals surface area contributed by atoms with Crippen LogP contribution < -0.4 is 21.7 Å². The number of hydrogen-bond acceptors (Lipinski definition) is 8. The van der Waals surface area contributed by atoms with E-state index in [1.807, 2.05) is 11.0 Å². The predicted molar refractivity (Wildman–Crippen MR) is 134 cm³/mol. The Morgan fingerprint density at radius 1 is 1.22 bits per heavy atom. The van der Waals surface area contributed by atoms with Gasteiger partial charge in [-0.3, -0.25) is 9.80 Å². The Labute approximate surface area is 209 Å². The fourth-order valence-corrected chi connectivity index (χ4v) is 4.39. The second-order valence-electron chi connectivity index (χ2n) is 8.91. The number of carbonyl (C=O) groups excluding carboxylic acids is 2. The number of carbonyl (C=O) groups is 2. The first-order valence-electron chi connectivity index (χ1n) is 11.8. The number of likely N-dealkylation sites (tertiary alicyclic amines) is 1. The van der Waals surface area contributed by atoms with Gasteiger partial charge in [-0.1, -0.05) is 6.07 Å². The summed E-state index contributed by atoms with van der Waals surface area (Å²) in [6.07, 6.45) is 2.06. The average Bonchev–Trinajstić information content (AvgIpc) is 3.57. The Morgan fingerprint density at radius 3 is 2.56 bits per heavy atom. The molecule has 2 aromatic rings. The van der Waals surface area contributed by atoms with Crippen LogP contribution in [0.4, 0.5) is 10.6 Å². The first kappa shape index (κ1) is 25.2. The number of methoxy groups -OCH3 is 1. The molecule has 1 aromatic heterocycles. The van der Waals surface area contributed by atoms with E-state index in [4.69, 9.17) is 16.4 Å². The molecule has 1 atom stereocenters. The Kier molecular flexibility index (Phi) is 7.55. The molecule has 36 heavy (non-hydrogen) atoms. The monoisotopic (exact) mass is 496 g/mol. The van der Waals surface area contributed by atoms with Crippen molar-refractivity contribution in [3.05, 3.63) is 52.7 Å². The SMILES string of the molecule is COc1cc2c(cc1C(=O)Nc1cccc(/C(=N/N)N(N)C(C)CO)n1)CN(C(=O)N1CCCC1)C2. The molecule has 1 fully saturated rings. The second kappa shape index (κ2) is 10.8. The molecule has 3 amide bonds. The first-order chi connectivity index (χ1) is 17.4. The van der Waals surface area contributed by atoms with Crippen molar-refractivity contribution in [2.75, 3.05) is 32.1 Å². The Balaban J connectivity index is 1.52. The highest BCUT2D eigenvalue weighted by atomic mass is 16.5. The number of aliphatic hydroxyl groups is 1. The number of rotatable bonds is 6. The number of hydrazine groups is 1. The van der Waals surface area contributed by atoms with Crippen molar-refractivity contribution in [3.63, 3.8) is 0 Å². The van der Waals surface area contributed by atoms with Gasteiger partial charge in [-0.15, -0.1) is 0 Å². The molecule has 192 valence electrons. The molecule has 2 aliphatic rings. The molecule has 6 N–H and O–H groups in total. The van der Waals surface area contributed by atoms with Gasteiger partial charge in [-0.2, -0.15) is 5.10 Å². The van der Waals surface area contributed by atoms with E-state index in [2.05, 4.69) is 15.4 Å². The van der Waals surface area contributed by atoms with Crippen molar-refractivity contribution in [1.29, 1.82) is 0 Å². The van der Waals surface area contributed by atoms with Crippen LogP contribution in [0.2, 0.25) is 0 Å². The number of amidine groups is 1. The number of nitrogens with zero attached hydrogens (tertiary/aromatic N) is 5. The van der Waals surface area contributed by atoms with Gasteiger partial charge in [0.25, 0.3) is 5.91 Å². The van der Waals surface area contributed by atoms with Crippen LogP contribution in [0.1, 0.15) is 46.9 Å². The number of fused-ring (bicyclic) bond motifs is 1. The van der Waals surface area contributed by atoms with Crippen molar-refractivity contribution in [2.45, 2.75) is 38.9 Å². The van der Waals surface area contributed by atoms with Gasteiger partial charge in [-0.05, 0) is 55.2 Å². The van der Waals surface area contributed by atoms with Gasteiger partial charge in [0, 0.05) is 26.2 Å². The van der Waals surface area contributed by atoms with Gasteiger partial charge in [0.2, 0.25) is 0 Å². The summed E-state index contributed by atoms with van der Waals surface area (Å²) in [5, 5.41) is 17.1. The van der Waals surface area contributed by atoms with Crippen LogP contribution in [-0.2, 0) is 13.1 Å². The van der Waals surface area contributed by atoms with E-state index < -0.39 is 11.9 Å². The lowest BCUT2D eigenvalue weighted by Gasteiger charge is -2.25. The fourth-order valence-electron chi connectivity index (χ4n) is 4.39. The lowest BCUT2D eigenvalue weighted by Crippen LogP contribution is -2.47. The zero-order valence-corrected chi connectivity index (χ0v) is 20.5. The molecule has 12 nitrogen and oxygen atoms in total. The number of hydrogen-bond donors (Lipinski definition) is 4. The summed E-state index contributed by atoms with van der Waals surface area (Å²) in [6, 6.07) is 8.11. The number of anilines is 1. The molecule has 1 saturated heterocycles. The number of benzene rings is 1. The second-order valence-corrected chi connectivity index (χ2v) is 8.91. The number of hydrazone groups is 1. The zero-order valence-electron chi connectivity index (χ0n) is 20.5. The van der Waals surface area contributed by atoms with Gasteiger partial charge in [0.15, 0.2) is 5.84 Å². The summed E-state index contributed by atoms with van der Waals surface area (Å²) in [4.78, 5) is 34.1. The average molecular weight is 497 g/mol. The van der Waals surface area contributed by atoms with Gasteiger partial charge in [0.1, 0.15) is 17.3 Å². The summed E-state index contributed by atoms with van der Waals surface area (Å²) in [5.41, 5.74) is 2.53. The van der Waals surface area contributed by atoms with Crippen LogP contribution in [0.15, 0.2) is 35.4 Å². The van der Waals surface area contributed by atoms with Crippen LogP contribution >= 0.6 is 0 Å². The quantitative estimate of drug-likeness (QED) is 0.200. The molecular weight excluding hydrogens is 464 g/mol. The lowest BCUT2D eigenvalue weighted by atomic mass is 10.0. The van der Waals surface area contributed by atoms with Crippen LogP contribution in [-0.4, -0.2) is 75.5 Å². The molecule has 12 heteroatoms. The van der Waals surface area contributed by atoms with Crippen molar-refractivity contribution < 1.29 is 19.4 Å². The predicted octanol–water partition coefficient (Wildman–Crippen LogP) is 1.05. The highest BCUT2D eigenvalue weighted by Crippen LogP contribution is 2.31. The van der Waals surface area contributed by atoms with Gasteiger partial charge < -0.3 is 30.8 Å². The van der Waals surface area contributed by atoms with E-state index in [9.17, 15) is 14.7 Å². The maximum atomic E-state index is 13.2. The molecule has 1 unspecified atom stereocenters. The summed E-state index contributed by atoms with van der Waals surface area (Å²) in [5.74, 6) is 11.9. The smallest absolute Gasteiger partial charge is 0.320 e. The van der Waals surface area contributed by atoms with Gasteiger partial charge >= 0.3 is 6.03 Å². The number of pyridine rings is 1. The van der Waals surface area contributed by atoms with E-state index in [0.717, 1.165) is 37.1 Å². The van der Waals surface area contributed by atoms with E-state index in [-0.39, 0.29) is 24.3 Å². The van der Waals surface area contributed by atoms with Crippen molar-refractivity contribution >= 4 is 23.6 Å². The summed E-state index contributed by atoms with van der Waals surface area (Å²) >= 11 is 0. The number of amides is 3. The van der Waals surface area contributed by atoms with Gasteiger partial charge in [0.05, 0.1) is 25.3 Å². The molecule has 1 aromatic carbocycles. The van der Waals surface area contributed by atoms with Crippen LogP contribution in [0.25, 0.3) is 0 Å². The largest absolute Gasteiger partial charge is 0.496 e. The minimum absolute atomic E-state index is 0.0246. The zero-order chi connectivity index (χ0) is 25.8. The number of nitrogens with one attached hydrogen (secondary N) is 1. The Bertz CT molecular complexity index is 1160. The van der Waals surface area contributed by atoms with Crippen molar-refractivity contribution in [3.8, 4) is 5.75 Å². The minimum Gasteiger partial charge on any atom is -0.496 e.